The van der Waals surface area contributed by atoms with Crippen molar-refractivity contribution in [3.63, 3.8) is 0 Å². The topological polar surface area (TPSA) is 66.0 Å². The first-order valence-electron chi connectivity index (χ1n) is 6.86. The van der Waals surface area contributed by atoms with E-state index in [9.17, 15) is 4.79 Å². The highest BCUT2D eigenvalue weighted by Crippen LogP contribution is 2.20. The van der Waals surface area contributed by atoms with E-state index in [2.05, 4.69) is 20.5 Å². The number of guanidine groups is 1. The molecule has 1 aliphatic rings. The second-order valence-electron chi connectivity index (χ2n) is 4.77. The molecule has 0 spiro atoms. The largest absolute Gasteiger partial charge is 0.383 e. The number of nitrogens with zero attached hydrogens (tertiary/aromatic N) is 2. The highest BCUT2D eigenvalue weighted by molar-refractivity contribution is 5.80. The molecule has 110 valence electrons. The number of rotatable bonds is 5. The Morgan fingerprint density at radius 3 is 2.63 bits per heavy atom. The summed E-state index contributed by atoms with van der Waals surface area (Å²) in [6, 6.07) is 0. The van der Waals surface area contributed by atoms with Crippen LogP contribution < -0.4 is 10.6 Å². The molecule has 0 aliphatic carbocycles. The van der Waals surface area contributed by atoms with E-state index in [1.165, 1.54) is 0 Å². The first kappa shape index (κ1) is 15.8. The minimum Gasteiger partial charge on any atom is -0.383 e. The van der Waals surface area contributed by atoms with Crippen LogP contribution in [0.1, 0.15) is 19.3 Å². The fourth-order valence-electron chi connectivity index (χ4n) is 2.31. The molecule has 1 amide bonds. The lowest BCUT2D eigenvalue weighted by molar-refractivity contribution is -0.121. The third-order valence-electron chi connectivity index (χ3n) is 3.47. The summed E-state index contributed by atoms with van der Waals surface area (Å²) in [6.07, 6.45) is 2.72. The predicted octanol–water partition coefficient (Wildman–Crippen LogP) is 0.0563. The van der Waals surface area contributed by atoms with Crippen molar-refractivity contribution >= 4 is 11.9 Å². The van der Waals surface area contributed by atoms with Crippen molar-refractivity contribution in [3.8, 4) is 0 Å². The Kier molecular flexibility index (Phi) is 7.25. The number of carbonyl (C=O) groups is 1. The average Bonchev–Trinajstić information content (AvgIpc) is 2.45. The van der Waals surface area contributed by atoms with Crippen molar-refractivity contribution in [2.45, 2.75) is 19.3 Å². The standard InChI is InChI=1S/C13H26N4O2/c1-14-12(18)10-11-4-7-17(8-5-11)13(15-2)16-6-9-19-3/h11H,4-10H2,1-3H3,(H,14,18)(H,15,16). The van der Waals surface area contributed by atoms with Gasteiger partial charge in [-0.1, -0.05) is 0 Å². The van der Waals surface area contributed by atoms with E-state index < -0.39 is 0 Å². The number of methoxy groups -OCH3 is 1. The van der Waals surface area contributed by atoms with Crippen LogP contribution in [0.25, 0.3) is 0 Å². The van der Waals surface area contributed by atoms with Crippen LogP contribution in [0.4, 0.5) is 0 Å². The molecule has 19 heavy (non-hydrogen) atoms. The summed E-state index contributed by atoms with van der Waals surface area (Å²) in [5, 5.41) is 5.97. The Morgan fingerprint density at radius 1 is 1.42 bits per heavy atom. The third-order valence-corrected chi connectivity index (χ3v) is 3.47. The van der Waals surface area contributed by atoms with Gasteiger partial charge in [0.05, 0.1) is 6.61 Å². The maximum atomic E-state index is 11.4. The number of carbonyl (C=O) groups excluding carboxylic acids is 1. The monoisotopic (exact) mass is 270 g/mol. The summed E-state index contributed by atoms with van der Waals surface area (Å²) in [7, 11) is 5.18. The molecule has 1 rings (SSSR count). The number of hydrogen-bond donors (Lipinski definition) is 2. The van der Waals surface area contributed by atoms with Gasteiger partial charge in [-0.15, -0.1) is 0 Å². The third kappa shape index (κ3) is 5.46. The lowest BCUT2D eigenvalue weighted by Gasteiger charge is -2.34. The summed E-state index contributed by atoms with van der Waals surface area (Å²) in [5.41, 5.74) is 0. The first-order valence-corrected chi connectivity index (χ1v) is 6.86. The molecule has 0 aromatic rings. The Balaban J connectivity index is 2.33. The first-order chi connectivity index (χ1) is 9.21. The molecule has 1 aliphatic heterocycles. The van der Waals surface area contributed by atoms with Crippen molar-refractivity contribution in [2.24, 2.45) is 10.9 Å². The second kappa shape index (κ2) is 8.74. The molecule has 0 radical (unpaired) electrons. The minimum atomic E-state index is 0.140. The van der Waals surface area contributed by atoms with Crippen LogP contribution in [0.5, 0.6) is 0 Å². The number of likely N-dealkylation sites (tertiary alicyclic amines) is 1. The van der Waals surface area contributed by atoms with Crippen molar-refractivity contribution in [2.75, 3.05) is 47.4 Å². The summed E-state index contributed by atoms with van der Waals surface area (Å²) in [5.74, 6) is 1.56. The molecule has 1 saturated heterocycles. The number of ether oxygens (including phenoxy) is 1. The Bertz CT molecular complexity index is 299. The summed E-state index contributed by atoms with van der Waals surface area (Å²) in [6.45, 7) is 3.34. The van der Waals surface area contributed by atoms with Gasteiger partial charge in [0.2, 0.25) is 5.91 Å². The van der Waals surface area contributed by atoms with Gasteiger partial charge in [-0.25, -0.2) is 0 Å². The van der Waals surface area contributed by atoms with Gasteiger partial charge < -0.3 is 20.3 Å². The van der Waals surface area contributed by atoms with Crippen LogP contribution >= 0.6 is 0 Å². The number of nitrogens with one attached hydrogen (secondary N) is 2. The van der Waals surface area contributed by atoms with E-state index in [0.717, 1.165) is 38.4 Å². The quantitative estimate of drug-likeness (QED) is 0.421. The van der Waals surface area contributed by atoms with Crippen molar-refractivity contribution in [1.82, 2.24) is 15.5 Å². The van der Waals surface area contributed by atoms with Gasteiger partial charge in [-0.05, 0) is 18.8 Å². The molecule has 0 atom stereocenters. The smallest absolute Gasteiger partial charge is 0.220 e. The van der Waals surface area contributed by atoms with E-state index in [4.69, 9.17) is 4.74 Å². The van der Waals surface area contributed by atoms with Crippen LogP contribution in [0.2, 0.25) is 0 Å². The van der Waals surface area contributed by atoms with Crippen LogP contribution in [-0.4, -0.2) is 64.2 Å². The molecule has 6 heteroatoms. The average molecular weight is 270 g/mol. The lowest BCUT2D eigenvalue weighted by atomic mass is 9.93. The number of hydrogen-bond acceptors (Lipinski definition) is 3. The lowest BCUT2D eigenvalue weighted by Crippen LogP contribution is -2.46. The van der Waals surface area contributed by atoms with Gasteiger partial charge in [0.1, 0.15) is 0 Å². The summed E-state index contributed by atoms with van der Waals surface area (Å²) >= 11 is 0. The van der Waals surface area contributed by atoms with Gasteiger partial charge in [-0.2, -0.15) is 0 Å². The number of amides is 1. The second-order valence-corrected chi connectivity index (χ2v) is 4.77. The maximum Gasteiger partial charge on any atom is 0.220 e. The molecule has 1 fully saturated rings. The summed E-state index contributed by atoms with van der Waals surface area (Å²) < 4.78 is 5.02. The van der Waals surface area contributed by atoms with Gasteiger partial charge in [-0.3, -0.25) is 9.79 Å². The fourth-order valence-corrected chi connectivity index (χ4v) is 2.31. The van der Waals surface area contributed by atoms with Crippen LogP contribution in [0.15, 0.2) is 4.99 Å². The number of aliphatic imine (C=N–C) groups is 1. The van der Waals surface area contributed by atoms with E-state index in [1.54, 1.807) is 21.2 Å². The van der Waals surface area contributed by atoms with Crippen LogP contribution in [0.3, 0.4) is 0 Å². The van der Waals surface area contributed by atoms with Gasteiger partial charge >= 0.3 is 0 Å². The molecule has 0 saturated carbocycles. The molecule has 0 bridgehead atoms. The Hall–Kier alpha value is -1.30. The van der Waals surface area contributed by atoms with Crippen LogP contribution in [0, 0.1) is 5.92 Å². The number of piperidine rings is 1. The Labute approximate surface area is 115 Å². The van der Waals surface area contributed by atoms with Gasteiger partial charge in [0.25, 0.3) is 0 Å². The highest BCUT2D eigenvalue weighted by atomic mass is 16.5. The molecule has 2 N–H and O–H groups in total. The fraction of sp³-hybridized carbons (Fsp3) is 0.846. The zero-order valence-corrected chi connectivity index (χ0v) is 12.2. The molecular weight excluding hydrogens is 244 g/mol. The zero-order chi connectivity index (χ0) is 14.1. The minimum absolute atomic E-state index is 0.140. The highest BCUT2D eigenvalue weighted by Gasteiger charge is 2.22. The predicted molar refractivity (Wildman–Crippen MR) is 76.2 cm³/mol. The molecule has 1 heterocycles. The van der Waals surface area contributed by atoms with E-state index >= 15 is 0 Å². The molecule has 0 aromatic heterocycles. The van der Waals surface area contributed by atoms with Crippen molar-refractivity contribution in [1.29, 1.82) is 0 Å². The molecule has 0 unspecified atom stereocenters. The van der Waals surface area contributed by atoms with Crippen LogP contribution in [-0.2, 0) is 9.53 Å². The zero-order valence-electron chi connectivity index (χ0n) is 12.2. The molecular formula is C13H26N4O2. The maximum absolute atomic E-state index is 11.4. The van der Waals surface area contributed by atoms with E-state index in [-0.39, 0.29) is 5.91 Å². The van der Waals surface area contributed by atoms with Crippen molar-refractivity contribution in [3.05, 3.63) is 0 Å². The Morgan fingerprint density at radius 2 is 2.11 bits per heavy atom. The SMILES string of the molecule is CN=C(NCCOC)N1CCC(CC(=O)NC)CC1. The van der Waals surface area contributed by atoms with Gasteiger partial charge in [0, 0.05) is 47.3 Å². The van der Waals surface area contributed by atoms with E-state index in [1.807, 2.05) is 0 Å². The molecule has 6 nitrogen and oxygen atoms in total. The van der Waals surface area contributed by atoms with Crippen molar-refractivity contribution < 1.29 is 9.53 Å². The normalized spacial score (nSPS) is 17.4. The molecule has 0 aromatic carbocycles. The van der Waals surface area contributed by atoms with Gasteiger partial charge in [0.15, 0.2) is 5.96 Å². The summed E-state index contributed by atoms with van der Waals surface area (Å²) in [4.78, 5) is 17.9. The van der Waals surface area contributed by atoms with E-state index in [0.29, 0.717) is 18.9 Å².